The van der Waals surface area contributed by atoms with Crippen LogP contribution in [0.4, 0.5) is 0 Å². The number of hydrogen-bond donors (Lipinski definition) is 0. The molecule has 0 radical (unpaired) electrons. The lowest BCUT2D eigenvalue weighted by atomic mass is 10.1. The molecule has 2 aromatic heterocycles. The summed E-state index contributed by atoms with van der Waals surface area (Å²) < 4.78 is 11.1. The van der Waals surface area contributed by atoms with Crippen LogP contribution in [0.1, 0.15) is 30.1 Å². The number of ether oxygens (including phenoxy) is 1. The van der Waals surface area contributed by atoms with Crippen LogP contribution in [0.15, 0.2) is 35.0 Å². The first-order valence-corrected chi connectivity index (χ1v) is 8.09. The van der Waals surface area contributed by atoms with E-state index in [1.807, 2.05) is 30.9 Å². The molecule has 1 aliphatic rings. The average Bonchev–Trinajstić information content (AvgIpc) is 3.06. The van der Waals surface area contributed by atoms with E-state index < -0.39 is 0 Å². The van der Waals surface area contributed by atoms with Gasteiger partial charge >= 0.3 is 0 Å². The van der Waals surface area contributed by atoms with Crippen LogP contribution in [0.2, 0.25) is 0 Å². The molecule has 0 unspecified atom stereocenters. The number of aromatic nitrogens is 2. The van der Waals surface area contributed by atoms with Crippen molar-refractivity contribution in [3.05, 3.63) is 47.8 Å². The van der Waals surface area contributed by atoms with Crippen LogP contribution in [0.25, 0.3) is 6.08 Å². The van der Waals surface area contributed by atoms with E-state index in [4.69, 9.17) is 9.15 Å². The number of furan rings is 1. The molecule has 0 saturated carbocycles. The van der Waals surface area contributed by atoms with Crippen LogP contribution < -0.4 is 4.74 Å². The molecular weight excluding hydrogens is 306 g/mol. The Hall–Kier alpha value is -2.63. The highest BCUT2D eigenvalue weighted by Gasteiger charge is 2.23. The maximum absolute atomic E-state index is 12.2. The maximum atomic E-state index is 12.2. The lowest BCUT2D eigenvalue weighted by Gasteiger charge is -2.31. The molecule has 6 nitrogen and oxygen atoms in total. The number of rotatable bonds is 4. The molecule has 24 heavy (non-hydrogen) atoms. The summed E-state index contributed by atoms with van der Waals surface area (Å²) in [4.78, 5) is 22.6. The van der Waals surface area contributed by atoms with Gasteiger partial charge in [0.15, 0.2) is 0 Å². The molecule has 1 saturated heterocycles. The van der Waals surface area contributed by atoms with Gasteiger partial charge in [0.25, 0.3) is 0 Å². The first-order valence-electron chi connectivity index (χ1n) is 8.09. The van der Waals surface area contributed by atoms with Crippen molar-refractivity contribution in [3.8, 4) is 5.88 Å². The fourth-order valence-electron chi connectivity index (χ4n) is 2.75. The second-order valence-corrected chi connectivity index (χ2v) is 5.89. The summed E-state index contributed by atoms with van der Waals surface area (Å²) in [6.45, 7) is 5.13. The number of carbonyl (C=O) groups excluding carboxylic acids is 1. The minimum atomic E-state index is -0.00132. The lowest BCUT2D eigenvalue weighted by molar-refractivity contribution is -0.127. The molecule has 2 aromatic rings. The van der Waals surface area contributed by atoms with Crippen LogP contribution >= 0.6 is 0 Å². The van der Waals surface area contributed by atoms with Crippen molar-refractivity contribution in [2.24, 2.45) is 0 Å². The molecule has 3 heterocycles. The van der Waals surface area contributed by atoms with Crippen LogP contribution in [0, 0.1) is 13.8 Å². The van der Waals surface area contributed by atoms with E-state index in [-0.39, 0.29) is 12.0 Å². The Morgan fingerprint density at radius 3 is 2.79 bits per heavy atom. The fraction of sp³-hybridized carbons (Fsp3) is 0.389. The average molecular weight is 327 g/mol. The summed E-state index contributed by atoms with van der Waals surface area (Å²) in [6.07, 6.45) is 6.50. The molecule has 0 bridgehead atoms. The van der Waals surface area contributed by atoms with E-state index in [0.29, 0.717) is 30.6 Å². The van der Waals surface area contributed by atoms with Crippen molar-refractivity contribution in [2.45, 2.75) is 32.8 Å². The monoisotopic (exact) mass is 327 g/mol. The number of aryl methyl sites for hydroxylation is 2. The van der Waals surface area contributed by atoms with Crippen molar-refractivity contribution in [1.82, 2.24) is 14.9 Å². The van der Waals surface area contributed by atoms with Gasteiger partial charge in [0.05, 0.1) is 6.26 Å². The third-order valence-corrected chi connectivity index (χ3v) is 3.92. The van der Waals surface area contributed by atoms with Gasteiger partial charge in [0, 0.05) is 43.8 Å². The predicted molar refractivity (Wildman–Crippen MR) is 89.5 cm³/mol. The van der Waals surface area contributed by atoms with Crippen LogP contribution in [-0.4, -0.2) is 40.0 Å². The summed E-state index contributed by atoms with van der Waals surface area (Å²) >= 11 is 0. The topological polar surface area (TPSA) is 68.5 Å². The quantitative estimate of drug-likeness (QED) is 0.808. The Labute approximate surface area is 141 Å². The highest BCUT2D eigenvalue weighted by molar-refractivity contribution is 5.91. The molecule has 3 rings (SSSR count). The lowest BCUT2D eigenvalue weighted by Crippen LogP contribution is -2.41. The number of likely N-dealkylation sites (tertiary alicyclic amines) is 1. The van der Waals surface area contributed by atoms with E-state index in [2.05, 4.69) is 9.97 Å². The first-order chi connectivity index (χ1) is 11.6. The Morgan fingerprint density at radius 1 is 1.33 bits per heavy atom. The molecule has 1 amide bonds. The number of nitrogens with zero attached hydrogens (tertiary/aromatic N) is 3. The van der Waals surface area contributed by atoms with Crippen molar-refractivity contribution < 1.29 is 13.9 Å². The van der Waals surface area contributed by atoms with E-state index in [1.54, 1.807) is 24.5 Å². The van der Waals surface area contributed by atoms with Gasteiger partial charge in [-0.15, -0.1) is 0 Å². The molecule has 1 fully saturated rings. The number of piperidine rings is 1. The maximum Gasteiger partial charge on any atom is 0.246 e. The highest BCUT2D eigenvalue weighted by atomic mass is 16.5. The second kappa shape index (κ2) is 7.29. The van der Waals surface area contributed by atoms with Gasteiger partial charge in [-0.3, -0.25) is 4.79 Å². The van der Waals surface area contributed by atoms with E-state index >= 15 is 0 Å². The van der Waals surface area contributed by atoms with Crippen molar-refractivity contribution >= 4 is 12.0 Å². The summed E-state index contributed by atoms with van der Waals surface area (Å²) in [5.74, 6) is 2.00. The minimum Gasteiger partial charge on any atom is -0.474 e. The Morgan fingerprint density at radius 2 is 2.12 bits per heavy atom. The van der Waals surface area contributed by atoms with Crippen molar-refractivity contribution in [1.29, 1.82) is 0 Å². The van der Waals surface area contributed by atoms with Crippen LogP contribution in [0.3, 0.4) is 0 Å². The fourth-order valence-corrected chi connectivity index (χ4v) is 2.75. The van der Waals surface area contributed by atoms with Gasteiger partial charge in [-0.05, 0) is 32.1 Å². The van der Waals surface area contributed by atoms with E-state index in [0.717, 1.165) is 18.5 Å². The Kier molecular flexibility index (Phi) is 4.93. The van der Waals surface area contributed by atoms with Gasteiger partial charge in [0.2, 0.25) is 11.8 Å². The van der Waals surface area contributed by atoms with Crippen LogP contribution in [0.5, 0.6) is 5.88 Å². The van der Waals surface area contributed by atoms with Crippen molar-refractivity contribution in [2.75, 3.05) is 13.1 Å². The highest BCUT2D eigenvalue weighted by Crippen LogP contribution is 2.18. The van der Waals surface area contributed by atoms with Gasteiger partial charge < -0.3 is 14.1 Å². The number of hydrogen-bond acceptors (Lipinski definition) is 5. The molecular formula is C18H21N3O3. The summed E-state index contributed by atoms with van der Waals surface area (Å²) in [7, 11) is 0. The molecule has 1 aliphatic heterocycles. The summed E-state index contributed by atoms with van der Waals surface area (Å²) in [6, 6.07) is 5.45. The van der Waals surface area contributed by atoms with Crippen molar-refractivity contribution in [3.63, 3.8) is 0 Å². The number of carbonyl (C=O) groups is 1. The normalized spacial score (nSPS) is 15.8. The van der Waals surface area contributed by atoms with Gasteiger partial charge in [-0.1, -0.05) is 0 Å². The zero-order valence-electron chi connectivity index (χ0n) is 13.9. The standard InChI is InChI=1S/C18H21N3O3/c1-13-12-17(20-14(2)19-13)24-16-7-9-21(10-8-16)18(22)6-5-15-4-3-11-23-15/h3-6,11-12,16H,7-10H2,1-2H3. The summed E-state index contributed by atoms with van der Waals surface area (Å²) in [5.41, 5.74) is 0.896. The zero-order chi connectivity index (χ0) is 16.9. The molecule has 0 aliphatic carbocycles. The third-order valence-electron chi connectivity index (χ3n) is 3.92. The zero-order valence-corrected chi connectivity index (χ0v) is 13.9. The Balaban J connectivity index is 1.51. The molecule has 6 heteroatoms. The van der Waals surface area contributed by atoms with Gasteiger partial charge in [-0.25, -0.2) is 4.98 Å². The van der Waals surface area contributed by atoms with Gasteiger partial charge in [-0.2, -0.15) is 4.98 Å². The molecule has 0 N–H and O–H groups in total. The third kappa shape index (κ3) is 4.22. The largest absolute Gasteiger partial charge is 0.474 e. The SMILES string of the molecule is Cc1cc(OC2CCN(C(=O)C=Cc3ccco3)CC2)nc(C)n1. The van der Waals surface area contributed by atoms with E-state index in [1.165, 1.54) is 0 Å². The molecule has 0 atom stereocenters. The van der Waals surface area contributed by atoms with Crippen LogP contribution in [-0.2, 0) is 4.79 Å². The minimum absolute atomic E-state index is 0.00132. The second-order valence-electron chi connectivity index (χ2n) is 5.89. The molecule has 0 aromatic carbocycles. The molecule has 0 spiro atoms. The van der Waals surface area contributed by atoms with Gasteiger partial charge in [0.1, 0.15) is 17.7 Å². The number of amides is 1. The Bertz CT molecular complexity index is 697. The summed E-state index contributed by atoms with van der Waals surface area (Å²) in [5, 5.41) is 0. The smallest absolute Gasteiger partial charge is 0.246 e. The first kappa shape index (κ1) is 16.2. The molecule has 126 valence electrons. The predicted octanol–water partition coefficient (Wildman–Crippen LogP) is 2.77. The van der Waals surface area contributed by atoms with E-state index in [9.17, 15) is 4.79 Å².